The van der Waals surface area contributed by atoms with E-state index >= 15 is 0 Å². The Labute approximate surface area is 469 Å². The largest absolute Gasteiger partial charge is 0.748 e. The fourth-order valence-corrected chi connectivity index (χ4v) is 14.1. The molecule has 0 fully saturated rings. The summed E-state index contributed by atoms with van der Waals surface area (Å²) in [6, 6.07) is 8.86. The average molecular weight is 1210 g/mol. The van der Waals surface area contributed by atoms with Gasteiger partial charge in [0.15, 0.2) is 5.71 Å². The van der Waals surface area contributed by atoms with Crippen LogP contribution >= 0.6 is 0 Å². The third-order valence-electron chi connectivity index (χ3n) is 14.6. The van der Waals surface area contributed by atoms with Crippen LogP contribution in [0.4, 0.5) is 11.4 Å². The summed E-state index contributed by atoms with van der Waals surface area (Å²) < 4.78 is 193. The van der Waals surface area contributed by atoms with Crippen molar-refractivity contribution in [2.75, 3.05) is 50.5 Å². The third kappa shape index (κ3) is 13.5. The second kappa shape index (κ2) is 23.9. The minimum atomic E-state index is -5.36. The lowest BCUT2D eigenvalue weighted by atomic mass is 9.75. The van der Waals surface area contributed by atoms with Crippen molar-refractivity contribution in [3.63, 3.8) is 0 Å². The second-order valence-corrected chi connectivity index (χ2v) is 26.8. The van der Waals surface area contributed by atoms with Gasteiger partial charge in [-0.05, 0) is 117 Å². The maximum absolute atomic E-state index is 12.7. The lowest BCUT2D eigenvalue weighted by molar-refractivity contribution is -0.438. The van der Waals surface area contributed by atoms with Crippen LogP contribution in [0.25, 0.3) is 21.5 Å². The standard InChI is InChI=1S/C53H60N4O19S5/c1-5-55-41-20-18-37-39(31-35(78(64,65)66)33-43(37)80(70,71)72)50(41)52(2,24-14-30-77(61,62)63)45(55)15-10-7-6-8-11-16-46-53(3,25-29-76-4)51-40-32-36(79(67,68)69)34-44(81(73,74)75)38(40)19-21-42(51)56(46)27-13-9-12-17-47(58)54-26-28-57-48(59)22-23-49(57)60/h6-8,10-11,15-16,18-23,31-34H,5,9,12-14,17,24-30H2,1-4H3,(H5-,54,58,61,62,63,64,65,66,67,68,69,70,71,72,73,74,75)/p-4. The molecule has 1 N–H and O–H groups in total. The number of nitrogens with one attached hydrogen (secondary N) is 1. The molecule has 0 saturated heterocycles. The molecule has 7 rings (SSSR count). The Morgan fingerprint density at radius 2 is 1.22 bits per heavy atom. The Morgan fingerprint density at radius 1 is 0.654 bits per heavy atom. The zero-order chi connectivity index (χ0) is 59.7. The van der Waals surface area contributed by atoms with Gasteiger partial charge < -0.3 is 37.7 Å². The molecule has 0 aliphatic carbocycles. The van der Waals surface area contributed by atoms with Crippen LogP contribution in [0.2, 0.25) is 0 Å². The van der Waals surface area contributed by atoms with E-state index < -0.39 is 98.6 Å². The first-order valence-electron chi connectivity index (χ1n) is 25.2. The monoisotopic (exact) mass is 1210 g/mol. The van der Waals surface area contributed by atoms with Crippen LogP contribution < -0.4 is 10.2 Å². The number of likely N-dealkylation sites (N-methyl/N-ethyl adjacent to an activating group) is 1. The number of amides is 3. The quantitative estimate of drug-likeness (QED) is 0.0318. The number of carbonyl (C=O) groups is 3. The first-order chi connectivity index (χ1) is 37.8. The molecule has 3 amide bonds. The van der Waals surface area contributed by atoms with Gasteiger partial charge in [0, 0.05) is 104 Å². The zero-order valence-electron chi connectivity index (χ0n) is 44.1. The third-order valence-corrected chi connectivity index (χ3v) is 18.8. The number of anilines is 1. The highest BCUT2D eigenvalue weighted by Crippen LogP contribution is 2.54. The molecule has 81 heavy (non-hydrogen) atoms. The minimum absolute atomic E-state index is 0.00384. The van der Waals surface area contributed by atoms with Crippen molar-refractivity contribution in [2.24, 2.45) is 0 Å². The molecule has 0 bridgehead atoms. The van der Waals surface area contributed by atoms with E-state index in [2.05, 4.69) is 5.32 Å². The number of imide groups is 1. The smallest absolute Gasteiger partial charge is 0.253 e. The first-order valence-corrected chi connectivity index (χ1v) is 32.4. The number of unbranched alkanes of at least 4 members (excludes halogenated alkanes) is 2. The van der Waals surface area contributed by atoms with E-state index in [0.717, 1.165) is 29.2 Å². The van der Waals surface area contributed by atoms with Crippen molar-refractivity contribution in [3.05, 3.63) is 120 Å². The number of hydrogen-bond acceptors (Lipinski definition) is 20. The Bertz CT molecular complexity index is 4020. The van der Waals surface area contributed by atoms with Crippen LogP contribution in [0, 0.1) is 0 Å². The van der Waals surface area contributed by atoms with Gasteiger partial charge in [0.05, 0.1) is 35.1 Å². The van der Waals surface area contributed by atoms with Crippen molar-refractivity contribution in [3.8, 4) is 0 Å². The molecule has 0 radical (unpaired) electrons. The molecule has 4 aromatic rings. The molecule has 3 aliphatic rings. The van der Waals surface area contributed by atoms with E-state index in [1.807, 2.05) is 11.5 Å². The highest BCUT2D eigenvalue weighted by atomic mass is 32.2. The van der Waals surface area contributed by atoms with Crippen molar-refractivity contribution in [1.82, 2.24) is 10.2 Å². The van der Waals surface area contributed by atoms with Crippen LogP contribution in [0.15, 0.2) is 128 Å². The summed E-state index contributed by atoms with van der Waals surface area (Å²) in [4.78, 5) is 35.5. The van der Waals surface area contributed by atoms with Gasteiger partial charge in [-0.15, -0.1) is 0 Å². The fourth-order valence-electron chi connectivity index (χ4n) is 11.0. The number of hydrogen-bond donors (Lipinski definition) is 1. The van der Waals surface area contributed by atoms with Gasteiger partial charge in [0.25, 0.3) is 11.8 Å². The first kappa shape index (κ1) is 62.3. The molecule has 28 heteroatoms. The van der Waals surface area contributed by atoms with Crippen molar-refractivity contribution >= 4 is 107 Å². The summed E-state index contributed by atoms with van der Waals surface area (Å²) >= 11 is 0. The number of methoxy groups -OCH3 is 1. The minimum Gasteiger partial charge on any atom is -0.748 e. The van der Waals surface area contributed by atoms with Gasteiger partial charge in [-0.1, -0.05) is 36.4 Å². The van der Waals surface area contributed by atoms with E-state index in [9.17, 15) is 79.2 Å². The lowest BCUT2D eigenvalue weighted by Gasteiger charge is -2.30. The Balaban J connectivity index is 1.25. The number of allylic oxidation sites excluding steroid dienone is 8. The molecule has 2 unspecified atom stereocenters. The average Bonchev–Trinajstić information content (AvgIpc) is 3.49. The van der Waals surface area contributed by atoms with E-state index in [1.54, 1.807) is 67.3 Å². The molecule has 2 atom stereocenters. The van der Waals surface area contributed by atoms with E-state index in [1.165, 1.54) is 25.3 Å². The number of rotatable bonds is 25. The highest BCUT2D eigenvalue weighted by Gasteiger charge is 2.49. The van der Waals surface area contributed by atoms with E-state index in [0.29, 0.717) is 66.3 Å². The number of carbonyl (C=O) groups excluding carboxylic acids is 3. The molecule has 3 heterocycles. The molecule has 0 saturated carbocycles. The zero-order valence-corrected chi connectivity index (χ0v) is 48.2. The summed E-state index contributed by atoms with van der Waals surface area (Å²) in [5.41, 5.74) is 0.338. The predicted octanol–water partition coefficient (Wildman–Crippen LogP) is 4.28. The summed E-state index contributed by atoms with van der Waals surface area (Å²) in [5.74, 6) is -2.03. The van der Waals surface area contributed by atoms with Crippen LogP contribution in [-0.4, -0.2) is 143 Å². The number of ether oxygens (including phenoxy) is 1. The van der Waals surface area contributed by atoms with Gasteiger partial charge in [0.2, 0.25) is 11.6 Å². The van der Waals surface area contributed by atoms with E-state index in [4.69, 9.17) is 4.74 Å². The van der Waals surface area contributed by atoms with Gasteiger partial charge in [0.1, 0.15) is 47.0 Å². The second-order valence-electron chi connectivity index (χ2n) is 19.8. The van der Waals surface area contributed by atoms with Gasteiger partial charge in [-0.2, -0.15) is 4.58 Å². The molecule has 436 valence electrons. The fraction of sp³-hybridized carbons (Fsp3) is 0.358. The van der Waals surface area contributed by atoms with E-state index in [-0.39, 0.29) is 84.9 Å². The van der Waals surface area contributed by atoms with Crippen LogP contribution in [0.3, 0.4) is 0 Å². The molecule has 23 nitrogen and oxygen atoms in total. The van der Waals surface area contributed by atoms with Crippen LogP contribution in [-0.2, 0) is 80.5 Å². The summed E-state index contributed by atoms with van der Waals surface area (Å²) in [7, 11) is -24.6. The van der Waals surface area contributed by atoms with Gasteiger partial charge in [-0.25, -0.2) is 42.1 Å². The van der Waals surface area contributed by atoms with Gasteiger partial charge in [-0.3, -0.25) is 19.3 Å². The summed E-state index contributed by atoms with van der Waals surface area (Å²) in [6.45, 7) is 6.02. The molecular formula is C53H56N4O19S5-4. The Hall–Kier alpha value is -6.31. The maximum atomic E-state index is 12.7. The lowest BCUT2D eigenvalue weighted by Crippen LogP contribution is -2.38. The summed E-state index contributed by atoms with van der Waals surface area (Å²) in [6.07, 6.45) is 15.5. The number of fused-ring (bicyclic) bond motifs is 6. The SMILES string of the molecule is CCN1C(=CC=CC=CC=CC2=[N+](CCCCCC(=O)NCCN3C(=O)C=CC3=O)c3ccc4c(S(=O)(=O)[O-])cc(S(=O)(=O)[O-])cc4c3C2(C)CCOC)C(C)(CCCS(=O)(=O)[O-])c2c1ccc1c(S(=O)(=O)[O-])cc(S(=O)(=O)[O-])cc21. The number of benzene rings is 4. The molecular weight excluding hydrogens is 1160 g/mol. The molecule has 0 spiro atoms. The Morgan fingerprint density at radius 3 is 1.78 bits per heavy atom. The molecule has 3 aliphatic heterocycles. The topological polar surface area (TPSA) is 368 Å². The molecule has 4 aromatic carbocycles. The van der Waals surface area contributed by atoms with Crippen LogP contribution in [0.5, 0.6) is 0 Å². The maximum Gasteiger partial charge on any atom is 0.253 e. The molecule has 0 aromatic heterocycles. The summed E-state index contributed by atoms with van der Waals surface area (Å²) in [5, 5.41) is 2.37. The highest BCUT2D eigenvalue weighted by molar-refractivity contribution is 7.87. The predicted molar refractivity (Wildman–Crippen MR) is 290 cm³/mol. The van der Waals surface area contributed by atoms with Gasteiger partial charge >= 0.3 is 0 Å². The Kier molecular flexibility index (Phi) is 18.4. The van der Waals surface area contributed by atoms with Crippen molar-refractivity contribution in [2.45, 2.75) is 96.1 Å². The van der Waals surface area contributed by atoms with Crippen LogP contribution in [0.1, 0.15) is 76.8 Å². The van der Waals surface area contributed by atoms with Crippen molar-refractivity contribution < 1.29 is 88.5 Å². The van der Waals surface area contributed by atoms with Crippen molar-refractivity contribution in [1.29, 1.82) is 0 Å². The normalized spacial score (nSPS) is 19.5. The number of nitrogens with zero attached hydrogens (tertiary/aromatic N) is 3.